The summed E-state index contributed by atoms with van der Waals surface area (Å²) in [5.41, 5.74) is 9.84. The molecule has 1 atom stereocenters. The molecule has 0 spiro atoms. The predicted molar refractivity (Wildman–Crippen MR) is 75.6 cm³/mol. The average Bonchev–Trinajstić information content (AvgIpc) is 2.87. The minimum absolute atomic E-state index is 0.140. The van der Waals surface area contributed by atoms with Crippen molar-refractivity contribution in [1.82, 2.24) is 10.3 Å². The molecule has 1 aromatic carbocycles. The van der Waals surface area contributed by atoms with E-state index in [0.717, 1.165) is 16.5 Å². The van der Waals surface area contributed by atoms with Gasteiger partial charge in [0.25, 0.3) is 0 Å². The molecule has 2 aromatic rings. The van der Waals surface area contributed by atoms with Crippen molar-refractivity contribution < 1.29 is 14.7 Å². The minimum Gasteiger partial charge on any atom is -0.480 e. The molecule has 2 rings (SSSR count). The molecule has 0 aliphatic rings. The lowest BCUT2D eigenvalue weighted by Gasteiger charge is -2.13. The van der Waals surface area contributed by atoms with E-state index in [4.69, 9.17) is 5.53 Å². The topological polar surface area (TPSA) is 131 Å². The van der Waals surface area contributed by atoms with Gasteiger partial charge in [-0.15, -0.1) is 0 Å². The maximum absolute atomic E-state index is 11.5. The van der Waals surface area contributed by atoms with Crippen molar-refractivity contribution in [1.29, 1.82) is 0 Å². The van der Waals surface area contributed by atoms with Crippen LogP contribution in [0.5, 0.6) is 0 Å². The number of aromatic nitrogens is 1. The Kier molecular flexibility index (Phi) is 4.43. The van der Waals surface area contributed by atoms with E-state index in [9.17, 15) is 14.7 Å². The first-order valence-electron chi connectivity index (χ1n) is 6.20. The van der Waals surface area contributed by atoms with Crippen LogP contribution in [-0.4, -0.2) is 34.6 Å². The van der Waals surface area contributed by atoms with Crippen LogP contribution in [0.2, 0.25) is 0 Å². The Labute approximate surface area is 119 Å². The van der Waals surface area contributed by atoms with Crippen LogP contribution in [0.1, 0.15) is 5.56 Å². The minimum atomic E-state index is -1.14. The normalized spacial score (nSPS) is 11.6. The third kappa shape index (κ3) is 3.52. The first-order valence-corrected chi connectivity index (χ1v) is 6.20. The Bertz CT molecular complexity index is 717. The summed E-state index contributed by atoms with van der Waals surface area (Å²) >= 11 is 0. The SMILES string of the molecule is [N-]=[N+]=NCC(=O)N[C@@H](Cc1c[nH]c2ccccc12)C(=O)O. The van der Waals surface area contributed by atoms with E-state index < -0.39 is 24.5 Å². The number of H-pyrrole nitrogens is 1. The van der Waals surface area contributed by atoms with Crippen LogP contribution in [0.3, 0.4) is 0 Å². The Morgan fingerprint density at radius 3 is 2.90 bits per heavy atom. The lowest BCUT2D eigenvalue weighted by atomic mass is 10.1. The second-order valence-corrected chi connectivity index (χ2v) is 4.41. The molecular weight excluding hydrogens is 274 g/mol. The zero-order valence-corrected chi connectivity index (χ0v) is 11.0. The fraction of sp³-hybridized carbons (Fsp3) is 0.231. The van der Waals surface area contributed by atoms with Gasteiger partial charge >= 0.3 is 5.97 Å². The maximum Gasteiger partial charge on any atom is 0.326 e. The predicted octanol–water partition coefficient (Wildman–Crippen LogP) is 1.59. The Morgan fingerprint density at radius 1 is 1.43 bits per heavy atom. The van der Waals surface area contributed by atoms with Crippen LogP contribution >= 0.6 is 0 Å². The van der Waals surface area contributed by atoms with Gasteiger partial charge in [-0.1, -0.05) is 23.3 Å². The number of carbonyl (C=O) groups excluding carboxylic acids is 1. The average molecular weight is 287 g/mol. The number of amides is 1. The van der Waals surface area contributed by atoms with Gasteiger partial charge in [-0.25, -0.2) is 4.79 Å². The quantitative estimate of drug-likeness (QED) is 0.423. The van der Waals surface area contributed by atoms with E-state index in [1.54, 1.807) is 6.20 Å². The number of fused-ring (bicyclic) bond motifs is 1. The largest absolute Gasteiger partial charge is 0.480 e. The summed E-state index contributed by atoms with van der Waals surface area (Å²) in [5, 5.41) is 15.5. The van der Waals surface area contributed by atoms with E-state index in [1.807, 2.05) is 24.3 Å². The lowest BCUT2D eigenvalue weighted by molar-refractivity contribution is -0.141. The highest BCUT2D eigenvalue weighted by Gasteiger charge is 2.21. The van der Waals surface area contributed by atoms with Gasteiger partial charge in [-0.05, 0) is 17.2 Å². The van der Waals surface area contributed by atoms with Gasteiger partial charge in [0.2, 0.25) is 5.91 Å². The summed E-state index contributed by atoms with van der Waals surface area (Å²) in [5.74, 6) is -1.77. The van der Waals surface area contributed by atoms with Crippen LogP contribution in [0.4, 0.5) is 0 Å². The lowest BCUT2D eigenvalue weighted by Crippen LogP contribution is -2.43. The molecule has 1 aromatic heterocycles. The van der Waals surface area contributed by atoms with Crippen molar-refractivity contribution in [3.8, 4) is 0 Å². The van der Waals surface area contributed by atoms with Gasteiger partial charge in [0, 0.05) is 28.4 Å². The van der Waals surface area contributed by atoms with Gasteiger partial charge in [-0.2, -0.15) is 0 Å². The van der Waals surface area contributed by atoms with Crippen LogP contribution < -0.4 is 5.32 Å². The number of benzene rings is 1. The number of aromatic amines is 1. The summed E-state index contributed by atoms with van der Waals surface area (Å²) in [7, 11) is 0. The highest BCUT2D eigenvalue weighted by molar-refractivity contribution is 5.87. The van der Waals surface area contributed by atoms with E-state index in [2.05, 4.69) is 20.3 Å². The van der Waals surface area contributed by atoms with Gasteiger partial charge in [0.05, 0.1) is 0 Å². The van der Waals surface area contributed by atoms with E-state index in [0.29, 0.717) is 0 Å². The van der Waals surface area contributed by atoms with Gasteiger partial charge in [-0.3, -0.25) is 4.79 Å². The highest BCUT2D eigenvalue weighted by atomic mass is 16.4. The Balaban J connectivity index is 2.14. The molecular formula is C13H13N5O3. The summed E-state index contributed by atoms with van der Waals surface area (Å²) in [6.45, 7) is -0.422. The maximum atomic E-state index is 11.5. The third-order valence-electron chi connectivity index (χ3n) is 3.01. The summed E-state index contributed by atoms with van der Waals surface area (Å²) < 4.78 is 0. The Hall–Kier alpha value is -2.99. The smallest absolute Gasteiger partial charge is 0.326 e. The number of carboxylic acid groups (broad SMARTS) is 1. The summed E-state index contributed by atoms with van der Waals surface area (Å²) in [6, 6.07) is 6.41. The molecule has 1 heterocycles. The van der Waals surface area contributed by atoms with Gasteiger partial charge < -0.3 is 15.4 Å². The zero-order valence-electron chi connectivity index (χ0n) is 11.0. The second-order valence-electron chi connectivity index (χ2n) is 4.41. The van der Waals surface area contributed by atoms with Crippen molar-refractivity contribution in [2.75, 3.05) is 6.54 Å². The van der Waals surface area contributed by atoms with Crippen molar-refractivity contribution in [2.45, 2.75) is 12.5 Å². The number of carbonyl (C=O) groups is 2. The first kappa shape index (κ1) is 14.4. The number of aliphatic carboxylic acids is 1. The fourth-order valence-electron chi connectivity index (χ4n) is 2.06. The monoisotopic (exact) mass is 287 g/mol. The number of rotatable bonds is 6. The molecule has 0 saturated heterocycles. The van der Waals surface area contributed by atoms with Crippen molar-refractivity contribution in [3.05, 3.63) is 46.5 Å². The summed E-state index contributed by atoms with van der Waals surface area (Å²) in [4.78, 5) is 28.2. The van der Waals surface area contributed by atoms with E-state index >= 15 is 0 Å². The van der Waals surface area contributed by atoms with Crippen LogP contribution in [0, 0.1) is 0 Å². The first-order chi connectivity index (χ1) is 10.1. The summed E-state index contributed by atoms with van der Waals surface area (Å²) in [6.07, 6.45) is 1.86. The van der Waals surface area contributed by atoms with E-state index in [1.165, 1.54) is 0 Å². The van der Waals surface area contributed by atoms with Gasteiger partial charge in [0.15, 0.2) is 0 Å². The number of azide groups is 1. The molecule has 0 saturated carbocycles. The number of nitrogens with zero attached hydrogens (tertiary/aromatic N) is 3. The Morgan fingerprint density at radius 2 is 2.19 bits per heavy atom. The number of para-hydroxylation sites is 1. The number of nitrogens with one attached hydrogen (secondary N) is 2. The molecule has 0 unspecified atom stereocenters. The fourth-order valence-corrected chi connectivity index (χ4v) is 2.06. The van der Waals surface area contributed by atoms with E-state index in [-0.39, 0.29) is 6.42 Å². The van der Waals surface area contributed by atoms with Crippen molar-refractivity contribution >= 4 is 22.8 Å². The number of hydrogen-bond acceptors (Lipinski definition) is 3. The molecule has 1 amide bonds. The third-order valence-corrected chi connectivity index (χ3v) is 3.01. The highest BCUT2D eigenvalue weighted by Crippen LogP contribution is 2.19. The van der Waals surface area contributed by atoms with Crippen molar-refractivity contribution in [3.63, 3.8) is 0 Å². The molecule has 0 aliphatic heterocycles. The molecule has 8 heteroatoms. The van der Waals surface area contributed by atoms with Crippen molar-refractivity contribution in [2.24, 2.45) is 5.11 Å². The molecule has 3 N–H and O–H groups in total. The second kappa shape index (κ2) is 6.44. The van der Waals surface area contributed by atoms with Crippen LogP contribution in [0.25, 0.3) is 21.3 Å². The molecule has 0 fully saturated rings. The molecule has 8 nitrogen and oxygen atoms in total. The van der Waals surface area contributed by atoms with Crippen LogP contribution in [-0.2, 0) is 16.0 Å². The molecule has 0 radical (unpaired) electrons. The molecule has 21 heavy (non-hydrogen) atoms. The zero-order chi connectivity index (χ0) is 15.2. The molecule has 0 bridgehead atoms. The standard InChI is InChI=1S/C13H13N5O3/c14-18-16-7-12(19)17-11(13(20)21)5-8-6-15-10-4-2-1-3-9(8)10/h1-4,6,11,15H,5,7H2,(H,17,19)(H,20,21)/t11-/m0/s1. The molecule has 108 valence electrons. The van der Waals surface area contributed by atoms with Gasteiger partial charge in [0.1, 0.15) is 12.6 Å². The number of carboxylic acids is 1. The number of hydrogen-bond donors (Lipinski definition) is 3. The van der Waals surface area contributed by atoms with Crippen LogP contribution in [0.15, 0.2) is 35.6 Å². The molecule has 0 aliphatic carbocycles.